The molecule has 10 heavy (non-hydrogen) atoms. The number of nitrogens with one attached hydrogen (secondary N) is 1. The third-order valence-electron chi connectivity index (χ3n) is 1.06. The van der Waals surface area contributed by atoms with E-state index in [1.54, 1.807) is 0 Å². The number of ether oxygens (including phenoxy) is 1. The van der Waals surface area contributed by atoms with E-state index in [2.05, 4.69) is 20.9 Å². The second-order valence-electron chi connectivity index (χ2n) is 1.71. The molecule has 0 spiro atoms. The van der Waals surface area contributed by atoms with Crippen LogP contribution in [0.5, 0.6) is 5.75 Å². The van der Waals surface area contributed by atoms with Crippen LogP contribution in [0, 0.1) is 0 Å². The maximum atomic E-state index is 10.9. The summed E-state index contributed by atoms with van der Waals surface area (Å²) >= 11 is 3.11. The second kappa shape index (κ2) is 2.88. The molecule has 0 amide bonds. The van der Waals surface area contributed by atoms with Crippen molar-refractivity contribution in [3.63, 3.8) is 0 Å². The number of methoxy groups -OCH3 is 1. The van der Waals surface area contributed by atoms with Crippen molar-refractivity contribution in [3.05, 3.63) is 27.1 Å². The van der Waals surface area contributed by atoms with Gasteiger partial charge < -0.3 is 9.72 Å². The molecule has 4 heteroatoms. The Morgan fingerprint density at radius 2 is 2.40 bits per heavy atom. The third-order valence-corrected chi connectivity index (χ3v) is 1.52. The first-order valence-electron chi connectivity index (χ1n) is 2.66. The van der Waals surface area contributed by atoms with Gasteiger partial charge in [0.15, 0.2) is 5.75 Å². The van der Waals surface area contributed by atoms with Crippen molar-refractivity contribution in [2.24, 2.45) is 0 Å². The van der Waals surface area contributed by atoms with Gasteiger partial charge in [-0.1, -0.05) is 0 Å². The minimum atomic E-state index is -0.131. The van der Waals surface area contributed by atoms with Crippen LogP contribution < -0.4 is 10.2 Å². The van der Waals surface area contributed by atoms with E-state index in [0.717, 1.165) is 0 Å². The highest BCUT2D eigenvalue weighted by atomic mass is 79.9. The lowest BCUT2D eigenvalue weighted by Crippen LogP contribution is -2.03. The van der Waals surface area contributed by atoms with Gasteiger partial charge in [0.1, 0.15) is 0 Å². The van der Waals surface area contributed by atoms with Gasteiger partial charge in [-0.3, -0.25) is 4.79 Å². The van der Waals surface area contributed by atoms with Crippen molar-refractivity contribution in [2.45, 2.75) is 0 Å². The zero-order chi connectivity index (χ0) is 7.56. The van der Waals surface area contributed by atoms with Crippen LogP contribution in [0.2, 0.25) is 0 Å². The number of halogens is 1. The topological polar surface area (TPSA) is 42.1 Å². The molecule has 1 N–H and O–H groups in total. The Morgan fingerprint density at radius 3 is 2.90 bits per heavy atom. The van der Waals surface area contributed by atoms with Crippen LogP contribution in [-0.4, -0.2) is 12.1 Å². The molecular weight excluding hydrogens is 198 g/mol. The Bertz CT molecular complexity index is 281. The predicted octanol–water partition coefficient (Wildman–Crippen LogP) is 1.15. The van der Waals surface area contributed by atoms with Crippen LogP contribution in [0.3, 0.4) is 0 Å². The zero-order valence-electron chi connectivity index (χ0n) is 5.35. The van der Waals surface area contributed by atoms with Gasteiger partial charge >= 0.3 is 0 Å². The summed E-state index contributed by atoms with van der Waals surface area (Å²) in [5.74, 6) is 0.322. The first-order valence-corrected chi connectivity index (χ1v) is 3.45. The quantitative estimate of drug-likeness (QED) is 0.697. The molecule has 3 nitrogen and oxygen atoms in total. The van der Waals surface area contributed by atoms with Crippen molar-refractivity contribution < 1.29 is 4.74 Å². The summed E-state index contributed by atoms with van der Waals surface area (Å²) in [6.07, 6.45) is 1.51. The first-order chi connectivity index (χ1) is 4.74. The first kappa shape index (κ1) is 7.34. The highest BCUT2D eigenvalue weighted by Crippen LogP contribution is 2.05. The van der Waals surface area contributed by atoms with Crippen molar-refractivity contribution in [2.75, 3.05) is 7.11 Å². The summed E-state index contributed by atoms with van der Waals surface area (Å²) in [6, 6.07) is 1.42. The minimum absolute atomic E-state index is 0.131. The molecule has 0 fully saturated rings. The molecule has 0 aliphatic heterocycles. The number of hydrogen-bond donors (Lipinski definition) is 1. The standard InChI is InChI=1S/C6H6BrNO2/c1-10-5-3-8-6(7)2-4(5)9/h2-3H,1H3,(H,8,9). The average Bonchev–Trinajstić information content (AvgIpc) is 1.88. The van der Waals surface area contributed by atoms with Crippen molar-refractivity contribution in [1.29, 1.82) is 0 Å². The van der Waals surface area contributed by atoms with E-state index < -0.39 is 0 Å². The van der Waals surface area contributed by atoms with E-state index in [4.69, 9.17) is 4.74 Å². The molecule has 0 bridgehead atoms. The zero-order valence-corrected chi connectivity index (χ0v) is 6.94. The van der Waals surface area contributed by atoms with Gasteiger partial charge in [-0.05, 0) is 15.9 Å². The molecule has 0 radical (unpaired) electrons. The lowest BCUT2D eigenvalue weighted by Gasteiger charge is -1.96. The monoisotopic (exact) mass is 203 g/mol. The van der Waals surface area contributed by atoms with Gasteiger partial charge in [-0.25, -0.2) is 0 Å². The third kappa shape index (κ3) is 1.39. The maximum absolute atomic E-state index is 10.9. The SMILES string of the molecule is COc1c[nH]c(Br)cc1=O. The van der Waals surface area contributed by atoms with Crippen molar-refractivity contribution in [1.82, 2.24) is 4.98 Å². The number of aromatic amines is 1. The lowest BCUT2D eigenvalue weighted by atomic mass is 10.4. The van der Waals surface area contributed by atoms with E-state index in [9.17, 15) is 4.79 Å². The molecule has 0 aliphatic rings. The molecule has 0 aromatic carbocycles. The molecule has 1 aromatic rings. The van der Waals surface area contributed by atoms with E-state index in [-0.39, 0.29) is 5.43 Å². The second-order valence-corrected chi connectivity index (χ2v) is 2.57. The average molecular weight is 204 g/mol. The Kier molecular flexibility index (Phi) is 2.11. The highest BCUT2D eigenvalue weighted by Gasteiger charge is 1.96. The smallest absolute Gasteiger partial charge is 0.224 e. The van der Waals surface area contributed by atoms with Crippen molar-refractivity contribution >= 4 is 15.9 Å². The lowest BCUT2D eigenvalue weighted by molar-refractivity contribution is 0.408. The van der Waals surface area contributed by atoms with Gasteiger partial charge in [-0.15, -0.1) is 0 Å². The number of pyridine rings is 1. The van der Waals surface area contributed by atoms with E-state index in [0.29, 0.717) is 10.4 Å². The number of aromatic nitrogens is 1. The molecule has 54 valence electrons. The Morgan fingerprint density at radius 1 is 1.70 bits per heavy atom. The molecule has 1 heterocycles. The fourth-order valence-corrected chi connectivity index (χ4v) is 0.915. The minimum Gasteiger partial charge on any atom is -0.491 e. The fourth-order valence-electron chi connectivity index (χ4n) is 0.593. The Balaban J connectivity index is 3.20. The van der Waals surface area contributed by atoms with Crippen LogP contribution in [-0.2, 0) is 0 Å². The summed E-state index contributed by atoms with van der Waals surface area (Å²) in [7, 11) is 1.46. The molecule has 0 saturated heterocycles. The van der Waals surface area contributed by atoms with Gasteiger partial charge in [-0.2, -0.15) is 0 Å². The largest absolute Gasteiger partial charge is 0.491 e. The summed E-state index contributed by atoms with van der Waals surface area (Å²) in [5.41, 5.74) is -0.131. The van der Waals surface area contributed by atoms with Crippen molar-refractivity contribution in [3.8, 4) is 5.75 Å². The molecule has 0 unspecified atom stereocenters. The number of hydrogen-bond acceptors (Lipinski definition) is 2. The number of rotatable bonds is 1. The van der Waals surface area contributed by atoms with Crippen LogP contribution >= 0.6 is 15.9 Å². The molecule has 1 aromatic heterocycles. The Hall–Kier alpha value is -0.770. The van der Waals surface area contributed by atoms with Crippen LogP contribution in [0.4, 0.5) is 0 Å². The van der Waals surface area contributed by atoms with Crippen LogP contribution in [0.25, 0.3) is 0 Å². The summed E-state index contributed by atoms with van der Waals surface area (Å²) in [5, 5.41) is 0. The van der Waals surface area contributed by atoms with E-state index >= 15 is 0 Å². The highest BCUT2D eigenvalue weighted by molar-refractivity contribution is 9.10. The van der Waals surface area contributed by atoms with Gasteiger partial charge in [0.2, 0.25) is 5.43 Å². The maximum Gasteiger partial charge on any atom is 0.224 e. The summed E-state index contributed by atoms with van der Waals surface area (Å²) in [4.78, 5) is 13.7. The van der Waals surface area contributed by atoms with Crippen LogP contribution in [0.15, 0.2) is 21.7 Å². The fraction of sp³-hybridized carbons (Fsp3) is 0.167. The van der Waals surface area contributed by atoms with E-state index in [1.807, 2.05) is 0 Å². The van der Waals surface area contributed by atoms with E-state index in [1.165, 1.54) is 19.4 Å². The molecular formula is C6H6BrNO2. The predicted molar refractivity (Wildman–Crippen MR) is 41.3 cm³/mol. The molecule has 1 rings (SSSR count). The number of H-pyrrole nitrogens is 1. The van der Waals surface area contributed by atoms with Gasteiger partial charge in [0.25, 0.3) is 0 Å². The molecule has 0 atom stereocenters. The Labute approximate surface area is 66.2 Å². The van der Waals surface area contributed by atoms with Gasteiger partial charge in [0, 0.05) is 12.3 Å². The summed E-state index contributed by atoms with van der Waals surface area (Å²) in [6.45, 7) is 0. The summed E-state index contributed by atoms with van der Waals surface area (Å²) < 4.78 is 5.39. The normalized spacial score (nSPS) is 9.40. The molecule has 0 aliphatic carbocycles. The molecule has 0 saturated carbocycles. The van der Waals surface area contributed by atoms with Crippen LogP contribution in [0.1, 0.15) is 0 Å². The van der Waals surface area contributed by atoms with Gasteiger partial charge in [0.05, 0.1) is 11.7 Å².